The number of thiophene rings is 1. The van der Waals surface area contributed by atoms with Crippen molar-refractivity contribution in [1.82, 2.24) is 9.88 Å². The minimum absolute atomic E-state index is 0.127. The molecule has 1 unspecified atom stereocenters. The molecule has 0 saturated carbocycles. The molecule has 3 aromatic rings. The van der Waals surface area contributed by atoms with Crippen LogP contribution in [0.3, 0.4) is 0 Å². The summed E-state index contributed by atoms with van der Waals surface area (Å²) in [6.07, 6.45) is 3.05. The zero-order valence-electron chi connectivity index (χ0n) is 13.9. The Balaban J connectivity index is 1.65. The number of rotatable bonds is 3. The first kappa shape index (κ1) is 15.8. The van der Waals surface area contributed by atoms with Gasteiger partial charge in [-0.2, -0.15) is 0 Å². The van der Waals surface area contributed by atoms with Crippen molar-refractivity contribution in [2.24, 2.45) is 0 Å². The van der Waals surface area contributed by atoms with Crippen molar-refractivity contribution in [3.63, 3.8) is 0 Å². The molecule has 3 heterocycles. The summed E-state index contributed by atoms with van der Waals surface area (Å²) < 4.78 is 1.20. The fourth-order valence-electron chi connectivity index (χ4n) is 3.42. The van der Waals surface area contributed by atoms with Crippen molar-refractivity contribution in [2.75, 3.05) is 6.54 Å². The van der Waals surface area contributed by atoms with Crippen molar-refractivity contribution >= 4 is 38.8 Å². The highest BCUT2D eigenvalue weighted by Crippen LogP contribution is 2.38. The summed E-state index contributed by atoms with van der Waals surface area (Å²) >= 11 is 3.37. The van der Waals surface area contributed by atoms with Gasteiger partial charge in [-0.1, -0.05) is 19.1 Å². The van der Waals surface area contributed by atoms with Gasteiger partial charge in [0, 0.05) is 11.4 Å². The van der Waals surface area contributed by atoms with E-state index in [1.54, 1.807) is 22.7 Å². The highest BCUT2D eigenvalue weighted by Gasteiger charge is 2.33. The third-order valence-electron chi connectivity index (χ3n) is 4.66. The lowest BCUT2D eigenvalue weighted by Gasteiger charge is -2.22. The molecule has 2 aromatic heterocycles. The van der Waals surface area contributed by atoms with Gasteiger partial charge in [-0.15, -0.1) is 22.7 Å². The van der Waals surface area contributed by atoms with Gasteiger partial charge in [-0.05, 0) is 49.9 Å². The third kappa shape index (κ3) is 2.66. The van der Waals surface area contributed by atoms with E-state index in [-0.39, 0.29) is 11.9 Å². The summed E-state index contributed by atoms with van der Waals surface area (Å²) in [5, 5.41) is 1.08. The maximum absolute atomic E-state index is 13.0. The fourth-order valence-corrected chi connectivity index (χ4v) is 5.60. The first-order valence-corrected chi connectivity index (χ1v) is 10.1. The topological polar surface area (TPSA) is 33.2 Å². The van der Waals surface area contributed by atoms with Crippen LogP contribution in [0.4, 0.5) is 0 Å². The molecule has 0 aliphatic carbocycles. The molecule has 1 aromatic carbocycles. The van der Waals surface area contributed by atoms with Crippen LogP contribution in [0, 0.1) is 6.92 Å². The number of thiazole rings is 1. The van der Waals surface area contributed by atoms with Gasteiger partial charge in [0.15, 0.2) is 0 Å². The molecule has 0 spiro atoms. The van der Waals surface area contributed by atoms with Crippen LogP contribution >= 0.6 is 22.7 Å². The lowest BCUT2D eigenvalue weighted by molar-refractivity contribution is 0.0740. The number of benzene rings is 1. The molecule has 1 fully saturated rings. The number of carbonyl (C=O) groups excluding carboxylic acids is 1. The Hall–Kier alpha value is -1.72. The number of carbonyl (C=O) groups is 1. The van der Waals surface area contributed by atoms with E-state index in [0.29, 0.717) is 0 Å². The lowest BCUT2D eigenvalue weighted by Crippen LogP contribution is -2.29. The Morgan fingerprint density at radius 3 is 2.92 bits per heavy atom. The molecule has 1 aliphatic heterocycles. The molecule has 5 heteroatoms. The minimum Gasteiger partial charge on any atom is -0.328 e. The second kappa shape index (κ2) is 6.30. The summed E-state index contributed by atoms with van der Waals surface area (Å²) in [7, 11) is 0. The van der Waals surface area contributed by atoms with Crippen LogP contribution in [-0.2, 0) is 6.42 Å². The average Bonchev–Trinajstić information content (AvgIpc) is 3.30. The van der Waals surface area contributed by atoms with Gasteiger partial charge in [0.05, 0.1) is 21.1 Å². The van der Waals surface area contributed by atoms with Crippen molar-refractivity contribution in [3.05, 3.63) is 50.7 Å². The smallest absolute Gasteiger partial charge is 0.264 e. The Morgan fingerprint density at radius 2 is 2.17 bits per heavy atom. The number of likely N-dealkylation sites (tertiary alicyclic amines) is 1. The number of aryl methyl sites for hydroxylation is 2. The van der Waals surface area contributed by atoms with Crippen LogP contribution in [0.2, 0.25) is 0 Å². The normalized spacial score (nSPS) is 17.8. The van der Waals surface area contributed by atoms with Crippen molar-refractivity contribution < 1.29 is 4.79 Å². The molecule has 1 atom stereocenters. The second-order valence-electron chi connectivity index (χ2n) is 6.25. The van der Waals surface area contributed by atoms with Crippen molar-refractivity contribution in [2.45, 2.75) is 39.2 Å². The average molecular weight is 357 g/mol. The molecule has 0 radical (unpaired) electrons. The van der Waals surface area contributed by atoms with Gasteiger partial charge in [0.25, 0.3) is 5.91 Å². The van der Waals surface area contributed by atoms with Crippen LogP contribution in [0.25, 0.3) is 10.2 Å². The van der Waals surface area contributed by atoms with Gasteiger partial charge in [-0.3, -0.25) is 4.79 Å². The predicted molar refractivity (Wildman–Crippen MR) is 101 cm³/mol. The summed E-state index contributed by atoms with van der Waals surface area (Å²) in [5.41, 5.74) is 2.28. The molecule has 1 aliphatic rings. The van der Waals surface area contributed by atoms with Crippen LogP contribution in [0.5, 0.6) is 0 Å². The summed E-state index contributed by atoms with van der Waals surface area (Å²) in [6, 6.07) is 10.4. The van der Waals surface area contributed by atoms with E-state index in [9.17, 15) is 4.79 Å². The predicted octanol–water partition coefficient (Wildman–Crippen LogP) is 5.21. The molecular weight excluding hydrogens is 336 g/mol. The van der Waals surface area contributed by atoms with Gasteiger partial charge in [0.2, 0.25) is 0 Å². The molecule has 1 amide bonds. The van der Waals surface area contributed by atoms with E-state index < -0.39 is 0 Å². The number of fused-ring (bicyclic) bond motifs is 1. The molecule has 4 rings (SSSR count). The van der Waals surface area contributed by atoms with Gasteiger partial charge < -0.3 is 4.90 Å². The fraction of sp³-hybridized carbons (Fsp3) is 0.368. The van der Waals surface area contributed by atoms with Gasteiger partial charge in [0.1, 0.15) is 5.01 Å². The summed E-state index contributed by atoms with van der Waals surface area (Å²) in [4.78, 5) is 22.0. The number of para-hydroxylation sites is 1. The van der Waals surface area contributed by atoms with Crippen LogP contribution in [-0.4, -0.2) is 22.3 Å². The van der Waals surface area contributed by atoms with Crippen molar-refractivity contribution in [1.29, 1.82) is 0 Å². The largest absolute Gasteiger partial charge is 0.328 e. The Bertz CT molecular complexity index is 863. The SMILES string of the molecule is CCc1sc(C(=O)N2CCCC2c2nc3ccccc3s2)cc1C. The maximum atomic E-state index is 13.0. The van der Waals surface area contributed by atoms with E-state index in [4.69, 9.17) is 4.98 Å². The van der Waals surface area contributed by atoms with Crippen LogP contribution in [0.1, 0.15) is 50.9 Å². The Morgan fingerprint density at radius 1 is 1.33 bits per heavy atom. The monoisotopic (exact) mass is 356 g/mol. The Labute approximate surface area is 150 Å². The van der Waals surface area contributed by atoms with Crippen LogP contribution < -0.4 is 0 Å². The Kier molecular flexibility index (Phi) is 4.14. The van der Waals surface area contributed by atoms with E-state index in [2.05, 4.69) is 26.0 Å². The molecule has 124 valence electrons. The molecular formula is C19H20N2OS2. The second-order valence-corrected chi connectivity index (χ2v) is 8.45. The number of hydrogen-bond donors (Lipinski definition) is 0. The first-order valence-electron chi connectivity index (χ1n) is 8.43. The maximum Gasteiger partial charge on any atom is 0.264 e. The molecule has 0 N–H and O–H groups in total. The standard InChI is InChI=1S/C19H20N2OS2/c1-3-15-12(2)11-17(23-15)19(22)21-10-6-8-14(21)18-20-13-7-4-5-9-16(13)24-18/h4-5,7,9,11,14H,3,6,8,10H2,1-2H3. The van der Waals surface area contributed by atoms with Crippen LogP contribution in [0.15, 0.2) is 30.3 Å². The molecule has 24 heavy (non-hydrogen) atoms. The highest BCUT2D eigenvalue weighted by molar-refractivity contribution is 7.18. The van der Waals surface area contributed by atoms with Gasteiger partial charge >= 0.3 is 0 Å². The number of hydrogen-bond acceptors (Lipinski definition) is 4. The summed E-state index contributed by atoms with van der Waals surface area (Å²) in [5.74, 6) is 0.171. The van der Waals surface area contributed by atoms with Crippen molar-refractivity contribution in [3.8, 4) is 0 Å². The third-order valence-corrected chi connectivity index (χ3v) is 7.17. The highest BCUT2D eigenvalue weighted by atomic mass is 32.1. The minimum atomic E-state index is 0.127. The number of aromatic nitrogens is 1. The number of nitrogens with zero attached hydrogens (tertiary/aromatic N) is 2. The van der Waals surface area contributed by atoms with E-state index >= 15 is 0 Å². The summed E-state index contributed by atoms with van der Waals surface area (Å²) in [6.45, 7) is 5.08. The van der Waals surface area contributed by atoms with E-state index in [1.165, 1.54) is 15.1 Å². The molecule has 0 bridgehead atoms. The number of amides is 1. The first-order chi connectivity index (χ1) is 11.7. The lowest BCUT2D eigenvalue weighted by atomic mass is 10.2. The van der Waals surface area contributed by atoms with E-state index in [0.717, 1.165) is 41.2 Å². The van der Waals surface area contributed by atoms with E-state index in [1.807, 2.05) is 23.1 Å². The zero-order valence-corrected chi connectivity index (χ0v) is 15.5. The quantitative estimate of drug-likeness (QED) is 0.646. The molecule has 3 nitrogen and oxygen atoms in total. The van der Waals surface area contributed by atoms with Gasteiger partial charge in [-0.25, -0.2) is 4.98 Å². The molecule has 1 saturated heterocycles. The zero-order chi connectivity index (χ0) is 16.7.